The third-order valence-electron chi connectivity index (χ3n) is 6.67. The molecule has 4 aliphatic rings. The molecule has 0 aromatic carbocycles. The molecular formula is C22H27NO8. The molecule has 0 radical (unpaired) electrons. The second kappa shape index (κ2) is 7.37. The number of hydrogen-bond acceptors (Lipinski definition) is 8. The molecule has 4 aliphatic heterocycles. The molecule has 7 atom stereocenters. The van der Waals surface area contributed by atoms with Crippen LogP contribution in [0.25, 0.3) is 0 Å². The average molecular weight is 433 g/mol. The van der Waals surface area contributed by atoms with Crippen LogP contribution in [0, 0.1) is 11.8 Å². The van der Waals surface area contributed by atoms with Gasteiger partial charge in [-0.2, -0.15) is 0 Å². The van der Waals surface area contributed by atoms with Crippen LogP contribution in [0.15, 0.2) is 35.1 Å². The largest absolute Gasteiger partial charge is 0.507 e. The van der Waals surface area contributed by atoms with E-state index in [0.717, 1.165) is 5.57 Å². The summed E-state index contributed by atoms with van der Waals surface area (Å²) in [6.45, 7) is 6.84. The molecule has 0 aliphatic carbocycles. The number of ether oxygens (including phenoxy) is 3. The molecule has 0 spiro atoms. The number of aliphatic hydroxyl groups excluding tert-OH is 2. The summed E-state index contributed by atoms with van der Waals surface area (Å²) < 4.78 is 17.8. The molecule has 4 rings (SSSR count). The lowest BCUT2D eigenvalue weighted by molar-refractivity contribution is -0.355. The third-order valence-corrected chi connectivity index (χ3v) is 6.67. The number of carbonyl (C=O) groups is 3. The van der Waals surface area contributed by atoms with Gasteiger partial charge in [-0.25, -0.2) is 0 Å². The minimum Gasteiger partial charge on any atom is -0.507 e. The number of rotatable bonds is 5. The number of amides is 1. The Morgan fingerprint density at radius 2 is 1.97 bits per heavy atom. The van der Waals surface area contributed by atoms with E-state index in [9.17, 15) is 24.6 Å². The fourth-order valence-electron chi connectivity index (χ4n) is 4.82. The maximum absolute atomic E-state index is 12.7. The quantitative estimate of drug-likeness (QED) is 0.187. The number of ketones is 2. The summed E-state index contributed by atoms with van der Waals surface area (Å²) in [6.07, 6.45) is 3.07. The van der Waals surface area contributed by atoms with Crippen LogP contribution in [-0.4, -0.2) is 70.5 Å². The molecular weight excluding hydrogens is 406 g/mol. The maximum atomic E-state index is 12.7. The maximum Gasteiger partial charge on any atom is 0.259 e. The van der Waals surface area contributed by atoms with Gasteiger partial charge in [0.1, 0.15) is 17.4 Å². The number of fused-ring (bicyclic) bond motifs is 4. The van der Waals surface area contributed by atoms with Gasteiger partial charge < -0.3 is 29.7 Å². The van der Waals surface area contributed by atoms with E-state index in [1.165, 1.54) is 6.08 Å². The Balaban J connectivity index is 1.53. The molecule has 2 bridgehead atoms. The van der Waals surface area contributed by atoms with Crippen molar-refractivity contribution in [1.29, 1.82) is 0 Å². The van der Waals surface area contributed by atoms with E-state index >= 15 is 0 Å². The van der Waals surface area contributed by atoms with Crippen molar-refractivity contribution >= 4 is 17.5 Å². The zero-order valence-corrected chi connectivity index (χ0v) is 17.9. The van der Waals surface area contributed by atoms with Gasteiger partial charge in [0.05, 0.1) is 19.3 Å². The monoisotopic (exact) mass is 433 g/mol. The van der Waals surface area contributed by atoms with Crippen molar-refractivity contribution in [2.75, 3.05) is 13.2 Å². The van der Waals surface area contributed by atoms with Crippen LogP contribution in [0.4, 0.5) is 0 Å². The second-order valence-electron chi connectivity index (χ2n) is 8.84. The minimum absolute atomic E-state index is 0.116. The highest BCUT2D eigenvalue weighted by molar-refractivity contribution is 6.25. The van der Waals surface area contributed by atoms with Gasteiger partial charge in [-0.15, -0.1) is 0 Å². The molecule has 0 aromatic rings. The first-order chi connectivity index (χ1) is 14.5. The van der Waals surface area contributed by atoms with E-state index in [0.29, 0.717) is 0 Å². The van der Waals surface area contributed by atoms with Crippen LogP contribution in [-0.2, 0) is 28.6 Å². The summed E-state index contributed by atoms with van der Waals surface area (Å²) in [4.78, 5) is 36.0. The molecule has 1 amide bonds. The number of aliphatic hydroxyl groups is 2. The summed E-state index contributed by atoms with van der Waals surface area (Å²) in [6, 6.07) is 0. The zero-order valence-electron chi connectivity index (χ0n) is 17.9. The SMILES string of the molecule is CC(/C=C/C(O)=C1\C(=O)CNC1=O)=C\C(C)[C@@H]1O[C@@]2(C)O[C@H](C(=O)[C@@H]3OC32CO)[C@@H]1C. The third kappa shape index (κ3) is 3.27. The van der Waals surface area contributed by atoms with Crippen molar-refractivity contribution < 1.29 is 38.8 Å². The Labute approximate surface area is 179 Å². The van der Waals surface area contributed by atoms with Crippen LogP contribution >= 0.6 is 0 Å². The molecule has 168 valence electrons. The summed E-state index contributed by atoms with van der Waals surface area (Å²) in [7, 11) is 0. The normalized spacial score (nSPS) is 42.5. The first-order valence-corrected chi connectivity index (χ1v) is 10.3. The van der Waals surface area contributed by atoms with E-state index in [1.54, 1.807) is 13.0 Å². The number of hydrogen-bond donors (Lipinski definition) is 3. The molecule has 31 heavy (non-hydrogen) atoms. The topological polar surface area (TPSA) is 135 Å². The standard InChI is InChI=1S/C22H27NO8/c1-10(5-6-13(25)15-14(26)8-23-20(15)28)7-11(2)17-12(3)18-16(27)19-22(9-24,31-19)21(4,29-17)30-18/h5-7,11-12,17-19,24-25H,8-9H2,1-4H3,(H,23,28)/b6-5+,10-7+,15-13-/t11?,12-,17+,18+,19+,21+,22?/m1/s1. The average Bonchev–Trinajstić information content (AvgIpc) is 3.40. The number of carbonyl (C=O) groups excluding carboxylic acids is 3. The van der Waals surface area contributed by atoms with Gasteiger partial charge in [-0.3, -0.25) is 14.4 Å². The van der Waals surface area contributed by atoms with Crippen LogP contribution in [0.1, 0.15) is 27.7 Å². The summed E-state index contributed by atoms with van der Waals surface area (Å²) in [5, 5.41) is 22.3. The van der Waals surface area contributed by atoms with Gasteiger partial charge in [-0.05, 0) is 19.9 Å². The summed E-state index contributed by atoms with van der Waals surface area (Å²) in [5.74, 6) is -3.20. The predicted octanol–water partition coefficient (Wildman–Crippen LogP) is 0.485. The molecule has 0 saturated carbocycles. The smallest absolute Gasteiger partial charge is 0.259 e. The van der Waals surface area contributed by atoms with Crippen molar-refractivity contribution in [3.05, 3.63) is 35.1 Å². The molecule has 3 N–H and O–H groups in total. The van der Waals surface area contributed by atoms with Gasteiger partial charge in [0.15, 0.2) is 23.3 Å². The first-order valence-electron chi connectivity index (χ1n) is 10.3. The highest BCUT2D eigenvalue weighted by Gasteiger charge is 2.78. The fourth-order valence-corrected chi connectivity index (χ4v) is 4.82. The van der Waals surface area contributed by atoms with Gasteiger partial charge in [0.2, 0.25) is 5.79 Å². The molecule has 9 heteroatoms. The molecule has 9 nitrogen and oxygen atoms in total. The van der Waals surface area contributed by atoms with Crippen LogP contribution < -0.4 is 5.32 Å². The first kappa shape index (κ1) is 21.9. The number of allylic oxidation sites excluding steroid dienone is 3. The van der Waals surface area contributed by atoms with E-state index in [-0.39, 0.29) is 48.2 Å². The Morgan fingerprint density at radius 3 is 2.58 bits per heavy atom. The minimum atomic E-state index is -1.23. The second-order valence-corrected chi connectivity index (χ2v) is 8.84. The lowest BCUT2D eigenvalue weighted by Gasteiger charge is -2.51. The van der Waals surface area contributed by atoms with Gasteiger partial charge in [0, 0.05) is 11.8 Å². The van der Waals surface area contributed by atoms with Crippen molar-refractivity contribution in [3.8, 4) is 0 Å². The molecule has 2 unspecified atom stereocenters. The fraction of sp³-hybridized carbons (Fsp3) is 0.591. The van der Waals surface area contributed by atoms with E-state index in [2.05, 4.69) is 5.32 Å². The van der Waals surface area contributed by atoms with E-state index < -0.39 is 35.3 Å². The van der Waals surface area contributed by atoms with Crippen LogP contribution in [0.3, 0.4) is 0 Å². The Bertz CT molecular complexity index is 918. The van der Waals surface area contributed by atoms with E-state index in [4.69, 9.17) is 14.2 Å². The predicted molar refractivity (Wildman–Crippen MR) is 107 cm³/mol. The lowest BCUT2D eigenvalue weighted by atomic mass is 9.78. The van der Waals surface area contributed by atoms with Crippen molar-refractivity contribution in [3.63, 3.8) is 0 Å². The van der Waals surface area contributed by atoms with Gasteiger partial charge in [0.25, 0.3) is 5.91 Å². The van der Waals surface area contributed by atoms with Crippen LogP contribution in [0.2, 0.25) is 0 Å². The summed E-state index contributed by atoms with van der Waals surface area (Å²) >= 11 is 0. The molecule has 4 fully saturated rings. The van der Waals surface area contributed by atoms with Gasteiger partial charge in [-0.1, -0.05) is 31.6 Å². The van der Waals surface area contributed by atoms with Gasteiger partial charge >= 0.3 is 0 Å². The van der Waals surface area contributed by atoms with E-state index in [1.807, 2.05) is 26.8 Å². The molecule has 0 aromatic heterocycles. The lowest BCUT2D eigenvalue weighted by Crippen LogP contribution is -2.67. The highest BCUT2D eigenvalue weighted by Crippen LogP contribution is 2.57. The number of Topliss-reactive ketones (excluding diaryl/α,β-unsaturated/α-hetero) is 2. The molecule has 4 heterocycles. The molecule has 4 saturated heterocycles. The Morgan fingerprint density at radius 1 is 1.26 bits per heavy atom. The number of nitrogens with one attached hydrogen (secondary N) is 1. The van der Waals surface area contributed by atoms with Crippen molar-refractivity contribution in [1.82, 2.24) is 5.32 Å². The Hall–Kier alpha value is -2.33. The summed E-state index contributed by atoms with van der Waals surface area (Å²) in [5.41, 5.74) is -0.637. The van der Waals surface area contributed by atoms with Crippen LogP contribution in [0.5, 0.6) is 0 Å². The zero-order chi connectivity index (χ0) is 22.7. The van der Waals surface area contributed by atoms with Crippen molar-refractivity contribution in [2.24, 2.45) is 11.8 Å². The number of epoxide rings is 1. The Kier molecular flexibility index (Phi) is 5.20. The van der Waals surface area contributed by atoms with Crippen molar-refractivity contribution in [2.45, 2.75) is 57.4 Å². The highest BCUT2D eigenvalue weighted by atomic mass is 16.8.